The summed E-state index contributed by atoms with van der Waals surface area (Å²) in [7, 11) is 0. The number of benzene rings is 2. The molecule has 0 aliphatic heterocycles. The summed E-state index contributed by atoms with van der Waals surface area (Å²) in [5.41, 5.74) is 1.80. The van der Waals surface area contributed by atoms with Crippen molar-refractivity contribution < 1.29 is 13.9 Å². The zero-order valence-electron chi connectivity index (χ0n) is 16.7. The lowest BCUT2D eigenvalue weighted by Gasteiger charge is -2.19. The van der Waals surface area contributed by atoms with E-state index in [1.165, 1.54) is 18.2 Å². The van der Waals surface area contributed by atoms with Gasteiger partial charge in [0, 0.05) is 11.1 Å². The van der Waals surface area contributed by atoms with Crippen LogP contribution in [0.2, 0.25) is 5.02 Å². The number of amides is 1. The molecule has 0 spiro atoms. The molecule has 4 rings (SSSR count). The molecule has 1 aliphatic carbocycles. The van der Waals surface area contributed by atoms with Crippen LogP contribution in [0.25, 0.3) is 0 Å². The van der Waals surface area contributed by atoms with Gasteiger partial charge in [-0.3, -0.25) is 4.79 Å². The van der Waals surface area contributed by atoms with Gasteiger partial charge in [0.1, 0.15) is 11.6 Å². The summed E-state index contributed by atoms with van der Waals surface area (Å²) in [5.74, 6) is 0.327. The number of hydrogen-bond donors (Lipinski definition) is 1. The van der Waals surface area contributed by atoms with E-state index in [2.05, 4.69) is 15.3 Å². The Morgan fingerprint density at radius 2 is 2.03 bits per heavy atom. The van der Waals surface area contributed by atoms with E-state index < -0.39 is 11.2 Å². The van der Waals surface area contributed by atoms with E-state index >= 15 is 0 Å². The van der Waals surface area contributed by atoms with Crippen molar-refractivity contribution in [1.82, 2.24) is 9.97 Å². The lowest BCUT2D eigenvalue weighted by atomic mass is 9.93. The zero-order valence-corrected chi connectivity index (χ0v) is 17.4. The van der Waals surface area contributed by atoms with Gasteiger partial charge in [0.2, 0.25) is 5.91 Å². The molecule has 1 saturated carbocycles. The Labute approximate surface area is 179 Å². The standard InChI is InChI=1S/C23H21ClFN3O2/c1-14-21(12-26-15(2)27-14)30-13-23(16-6-4-3-5-7-16)11-18(23)22(29)28-17-8-9-20(25)19(24)10-17/h3-10,12,18H,11,13H2,1-2H3,(H,28,29). The Balaban J connectivity index is 1.54. The van der Waals surface area contributed by atoms with Crippen LogP contribution in [0.3, 0.4) is 0 Å². The first-order valence-corrected chi connectivity index (χ1v) is 10.0. The number of halogens is 2. The van der Waals surface area contributed by atoms with Crippen molar-refractivity contribution in [3.63, 3.8) is 0 Å². The SMILES string of the molecule is Cc1ncc(OCC2(c3ccccc3)CC2C(=O)Nc2ccc(F)c(Cl)c2)c(C)n1. The number of nitrogens with one attached hydrogen (secondary N) is 1. The number of ether oxygens (including phenoxy) is 1. The van der Waals surface area contributed by atoms with Gasteiger partial charge in [-0.1, -0.05) is 41.9 Å². The maximum atomic E-state index is 13.4. The van der Waals surface area contributed by atoms with Crippen LogP contribution in [-0.2, 0) is 10.2 Å². The van der Waals surface area contributed by atoms with Crippen LogP contribution in [0.4, 0.5) is 10.1 Å². The molecule has 0 bridgehead atoms. The summed E-state index contributed by atoms with van der Waals surface area (Å²) in [6.07, 6.45) is 2.30. The lowest BCUT2D eigenvalue weighted by Crippen LogP contribution is -2.26. The Kier molecular flexibility index (Phi) is 5.43. The minimum Gasteiger partial charge on any atom is -0.489 e. The second kappa shape index (κ2) is 8.03. The Bertz CT molecular complexity index is 1090. The van der Waals surface area contributed by atoms with E-state index in [0.717, 1.165) is 11.3 Å². The van der Waals surface area contributed by atoms with E-state index in [-0.39, 0.29) is 16.8 Å². The zero-order chi connectivity index (χ0) is 21.3. The van der Waals surface area contributed by atoms with Crippen LogP contribution in [0.1, 0.15) is 23.5 Å². The lowest BCUT2D eigenvalue weighted by molar-refractivity contribution is -0.117. The Morgan fingerprint density at radius 3 is 2.73 bits per heavy atom. The third-order valence-corrected chi connectivity index (χ3v) is 5.76. The topological polar surface area (TPSA) is 64.1 Å². The van der Waals surface area contributed by atoms with Gasteiger partial charge in [0.25, 0.3) is 0 Å². The van der Waals surface area contributed by atoms with Gasteiger partial charge in [0.15, 0.2) is 5.75 Å². The molecule has 2 atom stereocenters. The summed E-state index contributed by atoms with van der Waals surface area (Å²) < 4.78 is 19.5. The summed E-state index contributed by atoms with van der Waals surface area (Å²) in [6.45, 7) is 4.02. The fourth-order valence-corrected chi connectivity index (χ4v) is 3.89. The fraction of sp³-hybridized carbons (Fsp3) is 0.261. The second-order valence-corrected chi connectivity index (χ2v) is 7.96. The molecule has 154 valence electrons. The van der Waals surface area contributed by atoms with Gasteiger partial charge in [0.05, 0.1) is 29.4 Å². The maximum absolute atomic E-state index is 13.4. The number of carbonyl (C=O) groups excluding carboxylic acids is 1. The van der Waals surface area contributed by atoms with Gasteiger partial charge >= 0.3 is 0 Å². The number of anilines is 1. The van der Waals surface area contributed by atoms with Gasteiger partial charge in [-0.25, -0.2) is 14.4 Å². The van der Waals surface area contributed by atoms with E-state index in [9.17, 15) is 9.18 Å². The summed E-state index contributed by atoms with van der Waals surface area (Å²) in [5, 5.41) is 2.81. The van der Waals surface area contributed by atoms with Gasteiger partial charge in [-0.15, -0.1) is 0 Å². The molecule has 0 radical (unpaired) electrons. The maximum Gasteiger partial charge on any atom is 0.228 e. The molecule has 5 nitrogen and oxygen atoms in total. The minimum absolute atomic E-state index is 0.0314. The van der Waals surface area contributed by atoms with Gasteiger partial charge in [-0.2, -0.15) is 0 Å². The van der Waals surface area contributed by atoms with Crippen molar-refractivity contribution in [2.24, 2.45) is 5.92 Å². The van der Waals surface area contributed by atoms with Crippen LogP contribution in [0.5, 0.6) is 5.75 Å². The highest BCUT2D eigenvalue weighted by atomic mass is 35.5. The number of aromatic nitrogens is 2. The average molecular weight is 426 g/mol. The number of rotatable bonds is 6. The van der Waals surface area contributed by atoms with Gasteiger partial charge < -0.3 is 10.1 Å². The number of nitrogens with zero attached hydrogens (tertiary/aromatic N) is 2. The van der Waals surface area contributed by atoms with Crippen molar-refractivity contribution in [3.8, 4) is 5.75 Å². The molecule has 1 fully saturated rings. The molecule has 1 heterocycles. The summed E-state index contributed by atoms with van der Waals surface area (Å²) >= 11 is 5.83. The molecule has 1 aromatic heterocycles. The molecule has 3 aromatic rings. The predicted octanol–water partition coefficient (Wildman–Crippen LogP) is 4.86. The van der Waals surface area contributed by atoms with Gasteiger partial charge in [-0.05, 0) is 44.0 Å². The van der Waals surface area contributed by atoms with Crippen LogP contribution in [-0.4, -0.2) is 22.5 Å². The molecule has 1 amide bonds. The van der Waals surface area contributed by atoms with Crippen molar-refractivity contribution in [2.75, 3.05) is 11.9 Å². The normalized spacial score (nSPS) is 19.9. The van der Waals surface area contributed by atoms with Crippen LogP contribution in [0.15, 0.2) is 54.7 Å². The summed E-state index contributed by atoms with van der Waals surface area (Å²) in [6, 6.07) is 14.0. The van der Waals surface area contributed by atoms with Crippen LogP contribution < -0.4 is 10.1 Å². The van der Waals surface area contributed by atoms with E-state index in [1.54, 1.807) is 6.20 Å². The second-order valence-electron chi connectivity index (χ2n) is 7.55. The molecular formula is C23H21ClFN3O2. The van der Waals surface area contributed by atoms with Crippen molar-refractivity contribution in [3.05, 3.63) is 82.6 Å². The Hall–Kier alpha value is -2.99. The highest BCUT2D eigenvalue weighted by Crippen LogP contribution is 2.55. The first-order valence-electron chi connectivity index (χ1n) is 9.63. The quantitative estimate of drug-likeness (QED) is 0.612. The highest BCUT2D eigenvalue weighted by Gasteiger charge is 2.60. The minimum atomic E-state index is -0.524. The first-order chi connectivity index (χ1) is 14.4. The smallest absolute Gasteiger partial charge is 0.228 e. The van der Waals surface area contributed by atoms with Crippen molar-refractivity contribution >= 4 is 23.2 Å². The monoisotopic (exact) mass is 425 g/mol. The fourth-order valence-electron chi connectivity index (χ4n) is 3.70. The number of aryl methyl sites for hydroxylation is 2. The molecule has 7 heteroatoms. The molecule has 1 N–H and O–H groups in total. The van der Waals surface area contributed by atoms with E-state index in [4.69, 9.17) is 16.3 Å². The molecule has 1 aliphatic rings. The summed E-state index contributed by atoms with van der Waals surface area (Å²) in [4.78, 5) is 21.5. The van der Waals surface area contributed by atoms with Crippen molar-refractivity contribution in [1.29, 1.82) is 0 Å². The number of hydrogen-bond acceptors (Lipinski definition) is 4. The largest absolute Gasteiger partial charge is 0.489 e. The third-order valence-electron chi connectivity index (χ3n) is 5.47. The third kappa shape index (κ3) is 4.00. The van der Waals surface area contributed by atoms with Crippen LogP contribution >= 0.6 is 11.6 Å². The molecule has 2 aromatic carbocycles. The first kappa shape index (κ1) is 20.3. The van der Waals surface area contributed by atoms with E-state index in [0.29, 0.717) is 30.3 Å². The molecule has 2 unspecified atom stereocenters. The van der Waals surface area contributed by atoms with Crippen molar-refractivity contribution in [2.45, 2.75) is 25.7 Å². The highest BCUT2D eigenvalue weighted by molar-refractivity contribution is 6.31. The van der Waals surface area contributed by atoms with Crippen LogP contribution in [0, 0.1) is 25.6 Å². The Morgan fingerprint density at radius 1 is 1.27 bits per heavy atom. The predicted molar refractivity (Wildman–Crippen MR) is 113 cm³/mol. The van der Waals surface area contributed by atoms with E-state index in [1.807, 2.05) is 44.2 Å². The molecule has 30 heavy (non-hydrogen) atoms. The average Bonchev–Trinajstić information content (AvgIpc) is 3.47. The number of carbonyl (C=O) groups is 1. The molecule has 0 saturated heterocycles. The molecular weight excluding hydrogens is 405 g/mol.